The molecule has 0 aliphatic carbocycles. The normalized spacial score (nSPS) is 16.4. The third kappa shape index (κ3) is 4.06. The quantitative estimate of drug-likeness (QED) is 0.551. The number of anilines is 1. The lowest BCUT2D eigenvalue weighted by molar-refractivity contribution is -0.384. The first-order chi connectivity index (χ1) is 12.8. The average molecular weight is 387 g/mol. The van der Waals surface area contributed by atoms with Crippen molar-refractivity contribution in [2.24, 2.45) is 0 Å². The lowest BCUT2D eigenvalue weighted by Gasteiger charge is -2.28. The number of allylic oxidation sites excluding steroid dienone is 1. The van der Waals surface area contributed by atoms with Crippen LogP contribution < -0.4 is 16.0 Å². The summed E-state index contributed by atoms with van der Waals surface area (Å²) < 4.78 is 0. The maximum absolute atomic E-state index is 12.9. The van der Waals surface area contributed by atoms with Crippen LogP contribution in [0.25, 0.3) is 0 Å². The van der Waals surface area contributed by atoms with Gasteiger partial charge in [-0.1, -0.05) is 29.8 Å². The monoisotopic (exact) mass is 386 g/mol. The Morgan fingerprint density at radius 1 is 1.22 bits per heavy atom. The van der Waals surface area contributed by atoms with Crippen LogP contribution in [-0.4, -0.2) is 16.9 Å². The number of urea groups is 1. The largest absolute Gasteiger partial charge is 0.327 e. The summed E-state index contributed by atoms with van der Waals surface area (Å²) in [6, 6.07) is 11.1. The Labute approximate surface area is 159 Å². The molecule has 1 aliphatic rings. The van der Waals surface area contributed by atoms with Crippen LogP contribution in [0.2, 0.25) is 5.02 Å². The van der Waals surface area contributed by atoms with Crippen LogP contribution in [0.5, 0.6) is 0 Å². The molecule has 0 saturated heterocycles. The first-order valence-corrected chi connectivity index (χ1v) is 8.32. The molecule has 0 bridgehead atoms. The molecule has 3 N–H and O–H groups in total. The van der Waals surface area contributed by atoms with Gasteiger partial charge in [0.1, 0.15) is 0 Å². The molecule has 0 radical (unpaired) electrons. The number of hydrogen-bond acceptors (Lipinski definition) is 4. The van der Waals surface area contributed by atoms with E-state index in [1.807, 2.05) is 0 Å². The highest BCUT2D eigenvalue weighted by Crippen LogP contribution is 2.30. The zero-order valence-corrected chi connectivity index (χ0v) is 14.9. The van der Waals surface area contributed by atoms with Gasteiger partial charge in [-0.05, 0) is 30.7 Å². The summed E-state index contributed by atoms with van der Waals surface area (Å²) in [6.07, 6.45) is 0. The number of hydrogen-bond donors (Lipinski definition) is 3. The number of carbonyl (C=O) groups excluding carboxylic acids is 2. The fourth-order valence-corrected chi connectivity index (χ4v) is 3.02. The van der Waals surface area contributed by atoms with Crippen molar-refractivity contribution in [3.63, 3.8) is 0 Å². The van der Waals surface area contributed by atoms with E-state index in [0.29, 0.717) is 22.0 Å². The van der Waals surface area contributed by atoms with Crippen LogP contribution in [0.1, 0.15) is 18.5 Å². The van der Waals surface area contributed by atoms with Gasteiger partial charge in [0.15, 0.2) is 0 Å². The predicted molar refractivity (Wildman–Crippen MR) is 100 cm³/mol. The lowest BCUT2D eigenvalue weighted by atomic mass is 9.94. The lowest BCUT2D eigenvalue weighted by Crippen LogP contribution is -2.46. The molecule has 1 heterocycles. The molecule has 3 amide bonds. The van der Waals surface area contributed by atoms with Gasteiger partial charge in [-0.2, -0.15) is 0 Å². The highest BCUT2D eigenvalue weighted by Gasteiger charge is 2.32. The number of nitro groups is 1. The van der Waals surface area contributed by atoms with Crippen molar-refractivity contribution in [3.05, 3.63) is 80.5 Å². The van der Waals surface area contributed by atoms with E-state index < -0.39 is 22.9 Å². The summed E-state index contributed by atoms with van der Waals surface area (Å²) in [7, 11) is 0. The minimum Gasteiger partial charge on any atom is -0.327 e. The van der Waals surface area contributed by atoms with Crippen LogP contribution in [0, 0.1) is 10.1 Å². The Morgan fingerprint density at radius 2 is 1.96 bits per heavy atom. The van der Waals surface area contributed by atoms with E-state index in [4.69, 9.17) is 11.6 Å². The maximum atomic E-state index is 12.9. The number of nitrogens with one attached hydrogen (secondary N) is 3. The first kappa shape index (κ1) is 18.4. The number of non-ortho nitro benzene ring substituents is 1. The van der Waals surface area contributed by atoms with E-state index >= 15 is 0 Å². The number of benzene rings is 2. The third-order valence-electron chi connectivity index (χ3n) is 4.01. The molecule has 2 aromatic carbocycles. The highest BCUT2D eigenvalue weighted by atomic mass is 35.5. The Kier molecular flexibility index (Phi) is 5.09. The van der Waals surface area contributed by atoms with Crippen molar-refractivity contribution >= 4 is 34.9 Å². The molecule has 3 rings (SSSR count). The van der Waals surface area contributed by atoms with Gasteiger partial charge in [0, 0.05) is 28.5 Å². The van der Waals surface area contributed by atoms with Crippen LogP contribution in [0.15, 0.2) is 59.8 Å². The Balaban J connectivity index is 1.98. The van der Waals surface area contributed by atoms with E-state index in [1.165, 1.54) is 18.2 Å². The number of rotatable bonds is 4. The minimum absolute atomic E-state index is 0.132. The predicted octanol–water partition coefficient (Wildman–Crippen LogP) is 3.51. The molecule has 0 saturated carbocycles. The zero-order chi connectivity index (χ0) is 19.6. The second-order valence-electron chi connectivity index (χ2n) is 5.89. The van der Waals surface area contributed by atoms with Gasteiger partial charge in [-0.3, -0.25) is 14.9 Å². The Morgan fingerprint density at radius 3 is 2.67 bits per heavy atom. The number of nitro benzene ring substituents is 1. The fourth-order valence-electron chi connectivity index (χ4n) is 2.83. The van der Waals surface area contributed by atoms with Gasteiger partial charge in [0.25, 0.3) is 11.6 Å². The fraction of sp³-hybridized carbons (Fsp3) is 0.111. The van der Waals surface area contributed by atoms with Crippen LogP contribution in [0.4, 0.5) is 16.2 Å². The van der Waals surface area contributed by atoms with E-state index in [2.05, 4.69) is 16.0 Å². The molecule has 1 atom stereocenters. The summed E-state index contributed by atoms with van der Waals surface area (Å²) in [5.41, 5.74) is 1.38. The number of amides is 3. The van der Waals surface area contributed by atoms with E-state index in [0.717, 1.165) is 0 Å². The number of carbonyl (C=O) groups is 2. The summed E-state index contributed by atoms with van der Waals surface area (Å²) >= 11 is 5.94. The minimum atomic E-state index is -0.835. The zero-order valence-electron chi connectivity index (χ0n) is 14.2. The Hall–Kier alpha value is -3.39. The SMILES string of the molecule is CC1=C(C(=O)Nc2cccc(Cl)c2)C(c2cccc([N+](=O)[O-])c2)NC(=O)N1. The Bertz CT molecular complexity index is 973. The summed E-state index contributed by atoms with van der Waals surface area (Å²) in [6.45, 7) is 1.59. The molecule has 0 fully saturated rings. The van der Waals surface area contributed by atoms with Crippen molar-refractivity contribution < 1.29 is 14.5 Å². The smallest absolute Gasteiger partial charge is 0.319 e. The second kappa shape index (κ2) is 7.46. The molecule has 9 heteroatoms. The van der Waals surface area contributed by atoms with Crippen molar-refractivity contribution in [3.8, 4) is 0 Å². The molecule has 27 heavy (non-hydrogen) atoms. The van der Waals surface area contributed by atoms with Crippen molar-refractivity contribution in [2.45, 2.75) is 13.0 Å². The van der Waals surface area contributed by atoms with Crippen molar-refractivity contribution in [2.75, 3.05) is 5.32 Å². The summed E-state index contributed by atoms with van der Waals surface area (Å²) in [4.78, 5) is 35.3. The molecular weight excluding hydrogens is 372 g/mol. The highest BCUT2D eigenvalue weighted by molar-refractivity contribution is 6.31. The molecule has 138 valence electrons. The average Bonchev–Trinajstić information content (AvgIpc) is 2.61. The standard InChI is InChI=1S/C18H15ClN4O4/c1-10-15(17(24)21-13-6-3-5-12(19)9-13)16(22-18(25)20-10)11-4-2-7-14(8-11)23(26)27/h2-9,16H,1H3,(H,21,24)(H2,20,22,25). The molecule has 0 spiro atoms. The van der Waals surface area contributed by atoms with Gasteiger partial charge in [0.05, 0.1) is 16.5 Å². The van der Waals surface area contributed by atoms with E-state index in [9.17, 15) is 19.7 Å². The van der Waals surface area contributed by atoms with E-state index in [1.54, 1.807) is 37.3 Å². The summed E-state index contributed by atoms with van der Waals surface area (Å²) in [5.74, 6) is -0.459. The number of nitrogens with zero attached hydrogens (tertiary/aromatic N) is 1. The van der Waals surface area contributed by atoms with Gasteiger partial charge in [0.2, 0.25) is 0 Å². The molecular formula is C18H15ClN4O4. The molecule has 0 aromatic heterocycles. The molecule has 8 nitrogen and oxygen atoms in total. The molecule has 1 unspecified atom stereocenters. The second-order valence-corrected chi connectivity index (χ2v) is 6.32. The first-order valence-electron chi connectivity index (χ1n) is 7.94. The number of halogens is 1. The van der Waals surface area contributed by atoms with E-state index in [-0.39, 0.29) is 11.3 Å². The molecule has 2 aromatic rings. The van der Waals surface area contributed by atoms with Crippen LogP contribution >= 0.6 is 11.6 Å². The van der Waals surface area contributed by atoms with Crippen LogP contribution in [-0.2, 0) is 4.79 Å². The van der Waals surface area contributed by atoms with Gasteiger partial charge < -0.3 is 16.0 Å². The van der Waals surface area contributed by atoms with Crippen molar-refractivity contribution in [1.29, 1.82) is 0 Å². The van der Waals surface area contributed by atoms with Crippen LogP contribution in [0.3, 0.4) is 0 Å². The molecule has 1 aliphatic heterocycles. The summed E-state index contributed by atoms with van der Waals surface area (Å²) in [5, 5.41) is 19.4. The van der Waals surface area contributed by atoms with Gasteiger partial charge in [-0.15, -0.1) is 0 Å². The van der Waals surface area contributed by atoms with Crippen molar-refractivity contribution in [1.82, 2.24) is 10.6 Å². The maximum Gasteiger partial charge on any atom is 0.319 e. The topological polar surface area (TPSA) is 113 Å². The van der Waals surface area contributed by atoms with Gasteiger partial charge >= 0.3 is 6.03 Å². The third-order valence-corrected chi connectivity index (χ3v) is 4.25. The van der Waals surface area contributed by atoms with Gasteiger partial charge in [-0.25, -0.2) is 4.79 Å².